The molecule has 0 aliphatic heterocycles. The summed E-state index contributed by atoms with van der Waals surface area (Å²) in [7, 11) is 1.51. The van der Waals surface area contributed by atoms with Gasteiger partial charge in [-0.3, -0.25) is 4.79 Å². The summed E-state index contributed by atoms with van der Waals surface area (Å²) in [6.07, 6.45) is 0. The molecule has 0 bridgehead atoms. The number of hydrogen-bond donors (Lipinski definition) is 1. The fraction of sp³-hybridized carbons (Fsp3) is 0.130. The lowest BCUT2D eigenvalue weighted by Gasteiger charge is -2.12. The maximum Gasteiger partial charge on any atom is 0.338 e. The van der Waals surface area contributed by atoms with E-state index in [2.05, 4.69) is 0 Å². The lowest BCUT2D eigenvalue weighted by Crippen LogP contribution is -2.11. The summed E-state index contributed by atoms with van der Waals surface area (Å²) < 4.78 is 16.5. The second-order valence-corrected chi connectivity index (χ2v) is 6.28. The van der Waals surface area contributed by atoms with E-state index in [0.717, 1.165) is 5.56 Å². The predicted octanol–water partition coefficient (Wildman–Crippen LogP) is 3.73. The number of amides is 1. The van der Waals surface area contributed by atoms with Gasteiger partial charge in [0.1, 0.15) is 13.2 Å². The average molecular weight is 391 g/mol. The zero-order chi connectivity index (χ0) is 20.6. The van der Waals surface area contributed by atoms with Crippen LogP contribution in [-0.4, -0.2) is 19.0 Å². The SMILES string of the molecule is COc1cc(C(=O)OCc2cccc(C(N)=O)c2)ccc1OCc1ccccc1. The van der Waals surface area contributed by atoms with Crippen LogP contribution in [0.2, 0.25) is 0 Å². The van der Waals surface area contributed by atoms with Crippen LogP contribution in [0.5, 0.6) is 11.5 Å². The molecule has 0 aromatic heterocycles. The normalized spacial score (nSPS) is 10.2. The van der Waals surface area contributed by atoms with E-state index >= 15 is 0 Å². The Morgan fingerprint density at radius 3 is 2.28 bits per heavy atom. The standard InChI is InChI=1S/C23H21NO5/c1-27-21-13-19(10-11-20(21)28-14-16-6-3-2-4-7-16)23(26)29-15-17-8-5-9-18(12-17)22(24)25/h2-13H,14-15H2,1H3,(H2,24,25). The van der Waals surface area contributed by atoms with Crippen molar-refractivity contribution in [2.45, 2.75) is 13.2 Å². The molecule has 3 aromatic carbocycles. The Morgan fingerprint density at radius 1 is 0.793 bits per heavy atom. The zero-order valence-electron chi connectivity index (χ0n) is 16.0. The molecular formula is C23H21NO5. The first-order chi connectivity index (χ1) is 14.1. The molecule has 0 radical (unpaired) electrons. The summed E-state index contributed by atoms with van der Waals surface area (Å²) >= 11 is 0. The maximum atomic E-state index is 12.4. The molecule has 0 saturated heterocycles. The van der Waals surface area contributed by atoms with E-state index < -0.39 is 11.9 Å². The van der Waals surface area contributed by atoms with E-state index in [1.165, 1.54) is 7.11 Å². The van der Waals surface area contributed by atoms with Crippen LogP contribution in [0.15, 0.2) is 72.8 Å². The lowest BCUT2D eigenvalue weighted by atomic mass is 10.1. The van der Waals surface area contributed by atoms with Crippen molar-refractivity contribution < 1.29 is 23.8 Å². The van der Waals surface area contributed by atoms with Gasteiger partial charge in [-0.25, -0.2) is 4.79 Å². The number of carbonyl (C=O) groups is 2. The van der Waals surface area contributed by atoms with Gasteiger partial charge in [-0.05, 0) is 41.5 Å². The minimum absolute atomic E-state index is 0.0223. The molecule has 148 valence electrons. The molecular weight excluding hydrogens is 370 g/mol. The predicted molar refractivity (Wildman–Crippen MR) is 108 cm³/mol. The van der Waals surface area contributed by atoms with Crippen molar-refractivity contribution in [1.82, 2.24) is 0 Å². The number of nitrogens with two attached hydrogens (primary N) is 1. The van der Waals surface area contributed by atoms with Gasteiger partial charge in [0.25, 0.3) is 0 Å². The molecule has 0 spiro atoms. The fourth-order valence-corrected chi connectivity index (χ4v) is 2.70. The summed E-state index contributed by atoms with van der Waals surface area (Å²) in [5.74, 6) is -0.0791. The summed E-state index contributed by atoms with van der Waals surface area (Å²) in [6, 6.07) is 21.2. The highest BCUT2D eigenvalue weighted by Gasteiger charge is 2.13. The van der Waals surface area contributed by atoms with Crippen LogP contribution in [0.3, 0.4) is 0 Å². The first-order valence-electron chi connectivity index (χ1n) is 8.97. The average Bonchev–Trinajstić information content (AvgIpc) is 2.76. The Kier molecular flexibility index (Phi) is 6.47. The van der Waals surface area contributed by atoms with Crippen LogP contribution in [0, 0.1) is 0 Å². The van der Waals surface area contributed by atoms with Crippen molar-refractivity contribution >= 4 is 11.9 Å². The number of rotatable bonds is 8. The molecule has 3 rings (SSSR count). The summed E-state index contributed by atoms with van der Waals surface area (Å²) in [5, 5.41) is 0. The lowest BCUT2D eigenvalue weighted by molar-refractivity contribution is 0.0472. The molecule has 0 aliphatic rings. The van der Waals surface area contributed by atoms with Crippen LogP contribution < -0.4 is 15.2 Å². The Balaban J connectivity index is 1.64. The fourth-order valence-electron chi connectivity index (χ4n) is 2.70. The third-order valence-electron chi connectivity index (χ3n) is 4.22. The van der Waals surface area contributed by atoms with Crippen molar-refractivity contribution in [3.8, 4) is 11.5 Å². The van der Waals surface area contributed by atoms with Gasteiger partial charge in [-0.2, -0.15) is 0 Å². The van der Waals surface area contributed by atoms with Crippen LogP contribution >= 0.6 is 0 Å². The van der Waals surface area contributed by atoms with Gasteiger partial charge in [-0.15, -0.1) is 0 Å². The third-order valence-corrected chi connectivity index (χ3v) is 4.22. The molecule has 1 amide bonds. The van der Waals surface area contributed by atoms with Gasteiger partial charge < -0.3 is 19.9 Å². The van der Waals surface area contributed by atoms with Crippen LogP contribution in [-0.2, 0) is 18.0 Å². The molecule has 0 saturated carbocycles. The van der Waals surface area contributed by atoms with Crippen molar-refractivity contribution in [2.75, 3.05) is 7.11 Å². The van der Waals surface area contributed by atoms with E-state index in [-0.39, 0.29) is 6.61 Å². The molecule has 6 nitrogen and oxygen atoms in total. The maximum absolute atomic E-state index is 12.4. The number of esters is 1. The summed E-state index contributed by atoms with van der Waals surface area (Å²) in [5.41, 5.74) is 7.65. The number of benzene rings is 3. The van der Waals surface area contributed by atoms with Gasteiger partial charge in [0, 0.05) is 5.56 Å². The second-order valence-electron chi connectivity index (χ2n) is 6.28. The first kappa shape index (κ1) is 19.9. The monoisotopic (exact) mass is 391 g/mol. The van der Waals surface area contributed by atoms with E-state index in [1.54, 1.807) is 42.5 Å². The van der Waals surface area contributed by atoms with E-state index in [0.29, 0.717) is 34.8 Å². The van der Waals surface area contributed by atoms with Gasteiger partial charge in [0.15, 0.2) is 11.5 Å². The molecule has 0 aliphatic carbocycles. The van der Waals surface area contributed by atoms with E-state index in [1.807, 2.05) is 30.3 Å². The minimum atomic E-state index is -0.533. The summed E-state index contributed by atoms with van der Waals surface area (Å²) in [4.78, 5) is 23.6. The Hall–Kier alpha value is -3.80. The second kappa shape index (κ2) is 9.41. The molecule has 3 aromatic rings. The molecule has 0 atom stereocenters. The molecule has 2 N–H and O–H groups in total. The van der Waals surface area contributed by atoms with Gasteiger partial charge in [0.05, 0.1) is 12.7 Å². The number of hydrogen-bond acceptors (Lipinski definition) is 5. The zero-order valence-corrected chi connectivity index (χ0v) is 16.0. The van der Waals surface area contributed by atoms with Crippen LogP contribution in [0.25, 0.3) is 0 Å². The number of ether oxygens (including phenoxy) is 3. The van der Waals surface area contributed by atoms with E-state index in [4.69, 9.17) is 19.9 Å². The Labute approximate surface area is 168 Å². The molecule has 6 heteroatoms. The smallest absolute Gasteiger partial charge is 0.338 e. The molecule has 0 heterocycles. The highest BCUT2D eigenvalue weighted by Crippen LogP contribution is 2.29. The Morgan fingerprint density at radius 2 is 1.55 bits per heavy atom. The topological polar surface area (TPSA) is 87.9 Å². The largest absolute Gasteiger partial charge is 0.493 e. The number of carbonyl (C=O) groups excluding carboxylic acids is 2. The van der Waals surface area contributed by atoms with E-state index in [9.17, 15) is 9.59 Å². The van der Waals surface area contributed by atoms with Crippen molar-refractivity contribution in [3.05, 3.63) is 95.1 Å². The molecule has 0 fully saturated rings. The number of primary amides is 1. The van der Waals surface area contributed by atoms with Crippen LogP contribution in [0.4, 0.5) is 0 Å². The molecule has 0 unspecified atom stereocenters. The highest BCUT2D eigenvalue weighted by molar-refractivity contribution is 5.93. The third kappa shape index (κ3) is 5.35. The minimum Gasteiger partial charge on any atom is -0.493 e. The quantitative estimate of drug-likeness (QED) is 0.591. The van der Waals surface area contributed by atoms with Crippen molar-refractivity contribution in [1.29, 1.82) is 0 Å². The first-order valence-corrected chi connectivity index (χ1v) is 8.97. The van der Waals surface area contributed by atoms with Crippen molar-refractivity contribution in [3.63, 3.8) is 0 Å². The van der Waals surface area contributed by atoms with Gasteiger partial charge in [0.2, 0.25) is 5.91 Å². The van der Waals surface area contributed by atoms with Crippen LogP contribution in [0.1, 0.15) is 31.8 Å². The summed E-state index contributed by atoms with van der Waals surface area (Å²) in [6.45, 7) is 0.408. The Bertz CT molecular complexity index is 1000. The van der Waals surface area contributed by atoms with Gasteiger partial charge >= 0.3 is 5.97 Å². The van der Waals surface area contributed by atoms with Gasteiger partial charge in [-0.1, -0.05) is 42.5 Å². The highest BCUT2D eigenvalue weighted by atomic mass is 16.5. The molecule has 29 heavy (non-hydrogen) atoms. The number of methoxy groups -OCH3 is 1. The van der Waals surface area contributed by atoms with Crippen molar-refractivity contribution in [2.24, 2.45) is 5.73 Å².